The molecule has 1 aromatic carbocycles. The van der Waals surface area contributed by atoms with Crippen LogP contribution in [0.15, 0.2) is 69.7 Å². The van der Waals surface area contributed by atoms with Gasteiger partial charge in [-0.25, -0.2) is 0 Å². The molecule has 3 rings (SSSR count). The van der Waals surface area contributed by atoms with Crippen LogP contribution in [-0.4, -0.2) is 11.0 Å². The first kappa shape index (κ1) is 14.9. The molecular weight excluding hydrogens is 294 g/mol. The number of carbonyl (C=O) groups is 1. The van der Waals surface area contributed by atoms with Crippen molar-refractivity contribution in [2.75, 3.05) is 5.32 Å². The molecule has 0 aliphatic carbocycles. The molecule has 0 atom stereocenters. The number of benzene rings is 1. The first-order valence-corrected chi connectivity index (χ1v) is 7.07. The molecule has 0 fully saturated rings. The van der Waals surface area contributed by atoms with Gasteiger partial charge in [-0.2, -0.15) is 0 Å². The minimum absolute atomic E-state index is 0.145. The minimum atomic E-state index is -0.256. The molecule has 0 aliphatic heterocycles. The topological polar surface area (TPSA) is 75.6 Å². The monoisotopic (exact) mass is 309 g/mol. The summed E-state index contributed by atoms with van der Waals surface area (Å²) >= 11 is 0. The number of amides is 1. The van der Waals surface area contributed by atoms with Crippen LogP contribution in [0, 0.1) is 0 Å². The summed E-state index contributed by atoms with van der Waals surface area (Å²) in [4.78, 5) is 11.9. The first-order chi connectivity index (χ1) is 11.2. The number of furan rings is 2. The molecule has 2 N–H and O–H groups in total. The fraction of sp³-hybridized carbons (Fsp3) is 0.0556. The molecule has 5 nitrogen and oxygen atoms in total. The van der Waals surface area contributed by atoms with Gasteiger partial charge in [-0.15, -0.1) is 0 Å². The standard InChI is InChI=1S/C18H15NO4/c20-12-16-6-8-17(23-16)13-3-1-4-14(11-13)19-18(21)9-7-15-5-2-10-22-15/h1-11,20H,12H2,(H,19,21)/b9-7+. The molecule has 0 aliphatic rings. The lowest BCUT2D eigenvalue weighted by Crippen LogP contribution is -2.07. The summed E-state index contributed by atoms with van der Waals surface area (Å²) < 4.78 is 10.6. The molecule has 0 bridgehead atoms. The number of hydrogen-bond acceptors (Lipinski definition) is 4. The molecule has 0 spiro atoms. The Morgan fingerprint density at radius 1 is 1.17 bits per heavy atom. The molecule has 0 saturated heterocycles. The summed E-state index contributed by atoms with van der Waals surface area (Å²) in [6.45, 7) is -0.145. The Kier molecular flexibility index (Phi) is 4.40. The van der Waals surface area contributed by atoms with E-state index in [1.54, 1.807) is 48.7 Å². The molecule has 1 amide bonds. The number of aliphatic hydroxyl groups excluding tert-OH is 1. The Hall–Kier alpha value is -3.05. The third-order valence-corrected chi connectivity index (χ3v) is 3.17. The van der Waals surface area contributed by atoms with Crippen molar-refractivity contribution in [2.24, 2.45) is 0 Å². The van der Waals surface area contributed by atoms with Gasteiger partial charge < -0.3 is 19.3 Å². The van der Waals surface area contributed by atoms with Gasteiger partial charge in [0.25, 0.3) is 0 Å². The SMILES string of the molecule is O=C(/C=C/c1ccco1)Nc1cccc(-c2ccc(CO)o2)c1. The van der Waals surface area contributed by atoms with E-state index in [9.17, 15) is 4.79 Å². The zero-order valence-corrected chi connectivity index (χ0v) is 12.2. The van der Waals surface area contributed by atoms with Gasteiger partial charge >= 0.3 is 0 Å². The summed E-state index contributed by atoms with van der Waals surface area (Å²) in [6, 6.07) is 14.3. The normalized spacial score (nSPS) is 11.0. The van der Waals surface area contributed by atoms with Gasteiger partial charge in [0.05, 0.1) is 6.26 Å². The Morgan fingerprint density at radius 2 is 2.09 bits per heavy atom. The average Bonchev–Trinajstić information content (AvgIpc) is 3.24. The predicted molar refractivity (Wildman–Crippen MR) is 86.4 cm³/mol. The smallest absolute Gasteiger partial charge is 0.248 e. The predicted octanol–water partition coefficient (Wildman–Crippen LogP) is 3.68. The van der Waals surface area contributed by atoms with Crippen molar-refractivity contribution in [1.29, 1.82) is 0 Å². The lowest BCUT2D eigenvalue weighted by atomic mass is 10.1. The number of aliphatic hydroxyl groups is 1. The number of rotatable bonds is 5. The molecule has 2 aromatic heterocycles. The van der Waals surface area contributed by atoms with E-state index in [0.717, 1.165) is 5.56 Å². The second-order valence-electron chi connectivity index (χ2n) is 4.84. The maximum atomic E-state index is 11.9. The fourth-order valence-corrected chi connectivity index (χ4v) is 2.10. The van der Waals surface area contributed by atoms with E-state index in [0.29, 0.717) is 23.0 Å². The number of carbonyl (C=O) groups excluding carboxylic acids is 1. The minimum Gasteiger partial charge on any atom is -0.465 e. The quantitative estimate of drug-likeness (QED) is 0.705. The largest absolute Gasteiger partial charge is 0.465 e. The van der Waals surface area contributed by atoms with E-state index < -0.39 is 0 Å². The number of hydrogen-bond donors (Lipinski definition) is 2. The van der Waals surface area contributed by atoms with Gasteiger partial charge in [-0.3, -0.25) is 4.79 Å². The van der Waals surface area contributed by atoms with E-state index in [-0.39, 0.29) is 12.5 Å². The van der Waals surface area contributed by atoms with Crippen molar-refractivity contribution in [2.45, 2.75) is 6.61 Å². The van der Waals surface area contributed by atoms with Crippen LogP contribution in [0.3, 0.4) is 0 Å². The van der Waals surface area contributed by atoms with Crippen molar-refractivity contribution in [3.63, 3.8) is 0 Å². The van der Waals surface area contributed by atoms with Crippen molar-refractivity contribution in [1.82, 2.24) is 0 Å². The van der Waals surface area contributed by atoms with Gasteiger partial charge in [0.15, 0.2) is 0 Å². The highest BCUT2D eigenvalue weighted by atomic mass is 16.4. The highest BCUT2D eigenvalue weighted by Crippen LogP contribution is 2.25. The highest BCUT2D eigenvalue weighted by Gasteiger charge is 2.06. The first-order valence-electron chi connectivity index (χ1n) is 7.07. The number of nitrogens with one attached hydrogen (secondary N) is 1. The van der Waals surface area contributed by atoms with Gasteiger partial charge in [-0.05, 0) is 42.5 Å². The second kappa shape index (κ2) is 6.81. The summed E-state index contributed by atoms with van der Waals surface area (Å²) in [5.74, 6) is 1.49. The van der Waals surface area contributed by atoms with Crippen LogP contribution in [0.4, 0.5) is 5.69 Å². The molecule has 0 radical (unpaired) electrons. The van der Waals surface area contributed by atoms with E-state index in [1.165, 1.54) is 6.08 Å². The van der Waals surface area contributed by atoms with Gasteiger partial charge in [0, 0.05) is 17.3 Å². The van der Waals surface area contributed by atoms with Crippen molar-refractivity contribution >= 4 is 17.7 Å². The summed E-state index contributed by atoms with van der Waals surface area (Å²) in [7, 11) is 0. The van der Waals surface area contributed by atoms with Crippen LogP contribution >= 0.6 is 0 Å². The summed E-state index contributed by atoms with van der Waals surface area (Å²) in [6.07, 6.45) is 4.55. The zero-order chi connectivity index (χ0) is 16.1. The van der Waals surface area contributed by atoms with Crippen LogP contribution < -0.4 is 5.32 Å². The summed E-state index contributed by atoms with van der Waals surface area (Å²) in [5.41, 5.74) is 1.47. The van der Waals surface area contributed by atoms with Gasteiger partial charge in [0.1, 0.15) is 23.9 Å². The summed E-state index contributed by atoms with van der Waals surface area (Å²) in [5, 5.41) is 11.8. The van der Waals surface area contributed by atoms with Crippen molar-refractivity contribution in [3.8, 4) is 11.3 Å². The van der Waals surface area contributed by atoms with Crippen LogP contribution in [0.5, 0.6) is 0 Å². The molecule has 0 saturated carbocycles. The van der Waals surface area contributed by atoms with E-state index in [2.05, 4.69) is 5.32 Å². The van der Waals surface area contributed by atoms with E-state index >= 15 is 0 Å². The zero-order valence-electron chi connectivity index (χ0n) is 12.2. The molecule has 116 valence electrons. The Labute approximate surface area is 132 Å². The second-order valence-corrected chi connectivity index (χ2v) is 4.84. The molecule has 0 unspecified atom stereocenters. The van der Waals surface area contributed by atoms with Gasteiger partial charge in [0.2, 0.25) is 5.91 Å². The lowest BCUT2D eigenvalue weighted by molar-refractivity contribution is -0.111. The maximum absolute atomic E-state index is 11.9. The lowest BCUT2D eigenvalue weighted by Gasteiger charge is -2.04. The maximum Gasteiger partial charge on any atom is 0.248 e. The number of anilines is 1. The van der Waals surface area contributed by atoms with Crippen LogP contribution in [0.2, 0.25) is 0 Å². The van der Waals surface area contributed by atoms with Crippen LogP contribution in [-0.2, 0) is 11.4 Å². The molecule has 2 heterocycles. The van der Waals surface area contributed by atoms with Crippen molar-refractivity contribution in [3.05, 3.63) is 72.4 Å². The Balaban J connectivity index is 1.71. The Morgan fingerprint density at radius 3 is 2.83 bits per heavy atom. The fourth-order valence-electron chi connectivity index (χ4n) is 2.10. The van der Waals surface area contributed by atoms with E-state index in [1.807, 2.05) is 12.1 Å². The third-order valence-electron chi connectivity index (χ3n) is 3.17. The molecular formula is C18H15NO4. The molecule has 23 heavy (non-hydrogen) atoms. The van der Waals surface area contributed by atoms with Crippen molar-refractivity contribution < 1.29 is 18.7 Å². The van der Waals surface area contributed by atoms with Crippen LogP contribution in [0.25, 0.3) is 17.4 Å². The molecule has 3 aromatic rings. The molecule has 5 heteroatoms. The Bertz CT molecular complexity index is 815. The van der Waals surface area contributed by atoms with E-state index in [4.69, 9.17) is 13.9 Å². The average molecular weight is 309 g/mol. The highest BCUT2D eigenvalue weighted by molar-refractivity contribution is 6.02. The van der Waals surface area contributed by atoms with Crippen LogP contribution in [0.1, 0.15) is 11.5 Å². The van der Waals surface area contributed by atoms with Gasteiger partial charge in [-0.1, -0.05) is 12.1 Å². The third kappa shape index (κ3) is 3.78.